The summed E-state index contributed by atoms with van der Waals surface area (Å²) >= 11 is 0. The zero-order chi connectivity index (χ0) is 19.6. The molecular formula is C22H36IN3O3. The molecule has 0 spiro atoms. The largest absolute Gasteiger partial charge is 0.393 e. The zero-order valence-corrected chi connectivity index (χ0v) is 19.8. The molecule has 29 heavy (non-hydrogen) atoms. The SMILES string of the molecule is CCNC(=NCc1ccc(COC2CCOCC2)cc1)NC1CCC(O)CC1.I. The Morgan fingerprint density at radius 1 is 1.07 bits per heavy atom. The lowest BCUT2D eigenvalue weighted by molar-refractivity contribution is -0.0390. The Balaban J connectivity index is 0.00000300. The molecule has 0 bridgehead atoms. The van der Waals surface area contributed by atoms with Gasteiger partial charge in [-0.05, 0) is 56.6 Å². The number of hydrogen-bond acceptors (Lipinski definition) is 4. The summed E-state index contributed by atoms with van der Waals surface area (Å²) in [4.78, 5) is 4.73. The summed E-state index contributed by atoms with van der Waals surface area (Å²) in [5.41, 5.74) is 2.39. The van der Waals surface area contributed by atoms with Gasteiger partial charge in [0.05, 0.1) is 25.4 Å². The van der Waals surface area contributed by atoms with Crippen LogP contribution in [0.25, 0.3) is 0 Å². The molecule has 1 heterocycles. The Morgan fingerprint density at radius 2 is 1.72 bits per heavy atom. The molecule has 7 heteroatoms. The Kier molecular flexibility index (Phi) is 11.3. The third-order valence-electron chi connectivity index (χ3n) is 5.48. The van der Waals surface area contributed by atoms with Crippen LogP contribution in [-0.2, 0) is 22.6 Å². The van der Waals surface area contributed by atoms with Crippen molar-refractivity contribution in [2.75, 3.05) is 19.8 Å². The maximum Gasteiger partial charge on any atom is 0.191 e. The van der Waals surface area contributed by atoms with E-state index in [9.17, 15) is 5.11 Å². The minimum Gasteiger partial charge on any atom is -0.393 e. The number of hydrogen-bond donors (Lipinski definition) is 3. The molecule has 0 unspecified atom stereocenters. The van der Waals surface area contributed by atoms with Crippen LogP contribution >= 0.6 is 24.0 Å². The van der Waals surface area contributed by atoms with Crippen molar-refractivity contribution in [2.45, 2.75) is 76.9 Å². The van der Waals surface area contributed by atoms with Crippen LogP contribution in [0.2, 0.25) is 0 Å². The molecule has 1 aromatic carbocycles. The Morgan fingerprint density at radius 3 is 2.38 bits per heavy atom. The first kappa shape index (κ1) is 24.4. The van der Waals surface area contributed by atoms with Crippen molar-refractivity contribution in [1.29, 1.82) is 0 Å². The highest BCUT2D eigenvalue weighted by molar-refractivity contribution is 14.0. The molecule has 1 aromatic rings. The van der Waals surface area contributed by atoms with E-state index < -0.39 is 0 Å². The highest BCUT2D eigenvalue weighted by Crippen LogP contribution is 2.18. The van der Waals surface area contributed by atoms with Gasteiger partial charge in [0.15, 0.2) is 5.96 Å². The molecule has 1 aliphatic heterocycles. The van der Waals surface area contributed by atoms with Gasteiger partial charge in [0, 0.05) is 25.8 Å². The summed E-state index contributed by atoms with van der Waals surface area (Å²) in [7, 11) is 0. The minimum absolute atomic E-state index is 0. The van der Waals surface area contributed by atoms with E-state index in [1.165, 1.54) is 11.1 Å². The van der Waals surface area contributed by atoms with Gasteiger partial charge in [-0.1, -0.05) is 24.3 Å². The highest BCUT2D eigenvalue weighted by Gasteiger charge is 2.20. The lowest BCUT2D eigenvalue weighted by Gasteiger charge is -2.27. The number of aliphatic hydroxyl groups is 1. The van der Waals surface area contributed by atoms with Crippen molar-refractivity contribution >= 4 is 29.9 Å². The third-order valence-corrected chi connectivity index (χ3v) is 5.48. The number of ether oxygens (including phenoxy) is 2. The summed E-state index contributed by atoms with van der Waals surface area (Å²) < 4.78 is 11.4. The lowest BCUT2D eigenvalue weighted by Crippen LogP contribution is -2.45. The van der Waals surface area contributed by atoms with Crippen molar-refractivity contribution in [3.63, 3.8) is 0 Å². The van der Waals surface area contributed by atoms with E-state index in [0.29, 0.717) is 25.3 Å². The van der Waals surface area contributed by atoms with Crippen LogP contribution in [0.15, 0.2) is 29.3 Å². The van der Waals surface area contributed by atoms with E-state index in [0.717, 1.165) is 64.2 Å². The maximum atomic E-state index is 9.66. The summed E-state index contributed by atoms with van der Waals surface area (Å²) in [6.07, 6.45) is 5.91. The van der Waals surface area contributed by atoms with E-state index in [4.69, 9.17) is 14.5 Å². The number of aliphatic imine (C=N–C) groups is 1. The highest BCUT2D eigenvalue weighted by atomic mass is 127. The molecule has 0 amide bonds. The first-order valence-electron chi connectivity index (χ1n) is 10.7. The van der Waals surface area contributed by atoms with Gasteiger partial charge in [0.1, 0.15) is 0 Å². The molecule has 3 rings (SSSR count). The van der Waals surface area contributed by atoms with Gasteiger partial charge in [0.25, 0.3) is 0 Å². The fraction of sp³-hybridized carbons (Fsp3) is 0.682. The van der Waals surface area contributed by atoms with Crippen molar-refractivity contribution in [3.8, 4) is 0 Å². The molecule has 2 fully saturated rings. The van der Waals surface area contributed by atoms with Gasteiger partial charge in [-0.2, -0.15) is 0 Å². The summed E-state index contributed by atoms with van der Waals surface area (Å²) in [6.45, 7) is 5.84. The minimum atomic E-state index is -0.133. The predicted octanol–water partition coefficient (Wildman–Crippen LogP) is 3.36. The van der Waals surface area contributed by atoms with Crippen molar-refractivity contribution in [1.82, 2.24) is 10.6 Å². The number of guanidine groups is 1. The van der Waals surface area contributed by atoms with Crippen molar-refractivity contribution in [3.05, 3.63) is 35.4 Å². The van der Waals surface area contributed by atoms with Crippen LogP contribution in [0.3, 0.4) is 0 Å². The number of nitrogens with one attached hydrogen (secondary N) is 2. The molecule has 1 aliphatic carbocycles. The monoisotopic (exact) mass is 517 g/mol. The summed E-state index contributed by atoms with van der Waals surface area (Å²) in [5, 5.41) is 16.5. The number of nitrogens with zero attached hydrogens (tertiary/aromatic N) is 1. The van der Waals surface area contributed by atoms with Gasteiger partial charge < -0.3 is 25.2 Å². The maximum absolute atomic E-state index is 9.66. The van der Waals surface area contributed by atoms with Crippen LogP contribution in [0.5, 0.6) is 0 Å². The standard InChI is InChI=1S/C22H35N3O3.HI/c1-2-23-22(25-19-7-9-20(26)10-8-19)24-15-17-3-5-18(6-4-17)16-28-21-11-13-27-14-12-21;/h3-6,19-21,26H,2,7-16H2,1H3,(H2,23,24,25);1H. The van der Waals surface area contributed by atoms with E-state index in [2.05, 4.69) is 41.8 Å². The second-order valence-corrected chi connectivity index (χ2v) is 7.78. The normalized spacial score (nSPS) is 23.3. The van der Waals surface area contributed by atoms with Crippen LogP contribution in [0.1, 0.15) is 56.6 Å². The smallest absolute Gasteiger partial charge is 0.191 e. The molecule has 0 radical (unpaired) electrons. The second kappa shape index (κ2) is 13.4. The van der Waals surface area contributed by atoms with Crippen LogP contribution < -0.4 is 10.6 Å². The fourth-order valence-electron chi connectivity index (χ4n) is 3.70. The first-order chi connectivity index (χ1) is 13.7. The van der Waals surface area contributed by atoms with Crippen LogP contribution in [0.4, 0.5) is 0 Å². The average molecular weight is 517 g/mol. The fourth-order valence-corrected chi connectivity index (χ4v) is 3.70. The number of halogens is 1. The Bertz CT molecular complexity index is 598. The van der Waals surface area contributed by atoms with E-state index in [1.807, 2.05) is 0 Å². The van der Waals surface area contributed by atoms with Crippen molar-refractivity contribution in [2.24, 2.45) is 4.99 Å². The zero-order valence-electron chi connectivity index (χ0n) is 17.4. The Hall–Kier alpha value is -0.900. The Labute approximate surface area is 191 Å². The molecule has 1 saturated heterocycles. The van der Waals surface area contributed by atoms with E-state index >= 15 is 0 Å². The van der Waals surface area contributed by atoms with Gasteiger partial charge in [0.2, 0.25) is 0 Å². The molecule has 0 atom stereocenters. The number of rotatable bonds is 7. The molecule has 164 valence electrons. The summed E-state index contributed by atoms with van der Waals surface area (Å²) in [6, 6.07) is 8.92. The molecule has 6 nitrogen and oxygen atoms in total. The third kappa shape index (κ3) is 8.78. The number of aliphatic hydroxyl groups excluding tert-OH is 1. The molecule has 3 N–H and O–H groups in total. The van der Waals surface area contributed by atoms with Gasteiger partial charge >= 0.3 is 0 Å². The quantitative estimate of drug-likeness (QED) is 0.294. The topological polar surface area (TPSA) is 75.1 Å². The number of benzene rings is 1. The van der Waals surface area contributed by atoms with Gasteiger partial charge in [-0.15, -0.1) is 24.0 Å². The molecule has 0 aromatic heterocycles. The van der Waals surface area contributed by atoms with Crippen molar-refractivity contribution < 1.29 is 14.6 Å². The van der Waals surface area contributed by atoms with Crippen LogP contribution in [0, 0.1) is 0 Å². The second-order valence-electron chi connectivity index (χ2n) is 7.78. The lowest BCUT2D eigenvalue weighted by atomic mass is 9.93. The van der Waals surface area contributed by atoms with Crippen LogP contribution in [-0.4, -0.2) is 49.1 Å². The predicted molar refractivity (Wildman–Crippen MR) is 127 cm³/mol. The van der Waals surface area contributed by atoms with E-state index in [-0.39, 0.29) is 30.1 Å². The molecule has 2 aliphatic rings. The van der Waals surface area contributed by atoms with E-state index in [1.54, 1.807) is 0 Å². The van der Waals surface area contributed by atoms with Gasteiger partial charge in [-0.25, -0.2) is 4.99 Å². The average Bonchev–Trinajstić information content (AvgIpc) is 2.74. The van der Waals surface area contributed by atoms with Gasteiger partial charge in [-0.3, -0.25) is 0 Å². The summed E-state index contributed by atoms with van der Waals surface area (Å²) in [5.74, 6) is 0.857. The molecule has 1 saturated carbocycles. The first-order valence-corrected chi connectivity index (χ1v) is 10.7. The molecular weight excluding hydrogens is 481 g/mol.